The fourth-order valence-electron chi connectivity index (χ4n) is 7.16. The molecule has 0 radical (unpaired) electrons. The molecule has 2 heterocycles. The van der Waals surface area contributed by atoms with Crippen molar-refractivity contribution in [3.05, 3.63) is 169 Å². The van der Waals surface area contributed by atoms with Crippen LogP contribution in [0.25, 0.3) is 78.5 Å². The second-order valence-electron chi connectivity index (χ2n) is 11.8. The molecule has 2 nitrogen and oxygen atoms in total. The molecule has 1 aliphatic carbocycles. The lowest BCUT2D eigenvalue weighted by Gasteiger charge is -2.15. The van der Waals surface area contributed by atoms with Gasteiger partial charge >= 0.3 is 0 Å². The number of para-hydroxylation sites is 2. The van der Waals surface area contributed by atoms with Gasteiger partial charge in [-0.3, -0.25) is 0 Å². The molecule has 46 heavy (non-hydrogen) atoms. The SMILES string of the molecule is c1cccc(-c2c(-c3oc(-c4ccccc4-c4ccccc4)c4c3CCC=C4)ccc3c4ccccc4n(-c4ccccc4)c23)c#1. The highest BCUT2D eigenvalue weighted by Crippen LogP contribution is 2.48. The minimum Gasteiger partial charge on any atom is -0.455 e. The Morgan fingerprint density at radius 2 is 1.37 bits per heavy atom. The highest BCUT2D eigenvalue weighted by Gasteiger charge is 2.28. The average Bonchev–Trinajstić information content (AvgIpc) is 3.69. The molecule has 0 aliphatic heterocycles. The maximum atomic E-state index is 7.15. The Morgan fingerprint density at radius 3 is 2.20 bits per heavy atom. The topological polar surface area (TPSA) is 18.1 Å². The molecule has 6 aromatic carbocycles. The maximum absolute atomic E-state index is 7.15. The van der Waals surface area contributed by atoms with Gasteiger partial charge in [0.15, 0.2) is 0 Å². The third-order valence-corrected chi connectivity index (χ3v) is 9.16. The summed E-state index contributed by atoms with van der Waals surface area (Å²) in [5.74, 6) is 1.84. The fourth-order valence-corrected chi connectivity index (χ4v) is 7.16. The zero-order valence-electron chi connectivity index (χ0n) is 25.2. The number of rotatable bonds is 5. The van der Waals surface area contributed by atoms with Gasteiger partial charge < -0.3 is 8.98 Å². The van der Waals surface area contributed by atoms with Crippen LogP contribution in [0, 0.1) is 12.1 Å². The van der Waals surface area contributed by atoms with E-state index in [1.54, 1.807) is 0 Å². The zero-order valence-corrected chi connectivity index (χ0v) is 25.2. The van der Waals surface area contributed by atoms with Gasteiger partial charge in [-0.25, -0.2) is 0 Å². The number of hydrogen-bond donors (Lipinski definition) is 0. The molecule has 2 aromatic heterocycles. The predicted octanol–water partition coefficient (Wildman–Crippen LogP) is 11.6. The monoisotopic (exact) mass is 587 g/mol. The van der Waals surface area contributed by atoms with Crippen molar-refractivity contribution in [2.75, 3.05) is 0 Å². The van der Waals surface area contributed by atoms with Gasteiger partial charge in [-0.15, -0.1) is 0 Å². The van der Waals surface area contributed by atoms with Crippen molar-refractivity contribution in [3.8, 4) is 50.6 Å². The number of nitrogens with zero attached hydrogens (tertiary/aromatic N) is 1. The summed E-state index contributed by atoms with van der Waals surface area (Å²) in [6.45, 7) is 0. The Morgan fingerprint density at radius 1 is 0.609 bits per heavy atom. The van der Waals surface area contributed by atoms with Crippen LogP contribution in [0.1, 0.15) is 17.5 Å². The molecule has 0 unspecified atom stereocenters. The molecule has 8 aromatic rings. The molecule has 9 rings (SSSR count). The number of benzene rings is 5. The third-order valence-electron chi connectivity index (χ3n) is 9.16. The lowest BCUT2D eigenvalue weighted by Crippen LogP contribution is -1.98. The van der Waals surface area contributed by atoms with Crippen LogP contribution in [0.15, 0.2) is 150 Å². The van der Waals surface area contributed by atoms with Gasteiger partial charge in [-0.1, -0.05) is 127 Å². The molecule has 0 saturated heterocycles. The molecular weight excluding hydrogens is 558 g/mol. The molecule has 0 amide bonds. The Hall–Kier alpha value is -6.04. The van der Waals surface area contributed by atoms with E-state index in [4.69, 9.17) is 4.42 Å². The Labute approximate surface area is 268 Å². The van der Waals surface area contributed by atoms with E-state index in [1.165, 1.54) is 33.0 Å². The normalized spacial score (nSPS) is 12.3. The number of furan rings is 1. The van der Waals surface area contributed by atoms with Gasteiger partial charge in [-0.2, -0.15) is 0 Å². The summed E-state index contributed by atoms with van der Waals surface area (Å²) >= 11 is 0. The third kappa shape index (κ3) is 4.14. The Kier molecular flexibility index (Phi) is 6.21. The fraction of sp³-hybridized carbons (Fsp3) is 0.0455. The number of allylic oxidation sites excluding steroid dienone is 1. The average molecular weight is 588 g/mol. The quantitative estimate of drug-likeness (QED) is 0.196. The maximum Gasteiger partial charge on any atom is 0.142 e. The molecular formula is C44H29NO. The number of hydrogen-bond acceptors (Lipinski definition) is 1. The van der Waals surface area contributed by atoms with Crippen molar-refractivity contribution in [3.63, 3.8) is 0 Å². The van der Waals surface area contributed by atoms with Crippen LogP contribution >= 0.6 is 0 Å². The van der Waals surface area contributed by atoms with Crippen LogP contribution in [-0.4, -0.2) is 4.57 Å². The second-order valence-corrected chi connectivity index (χ2v) is 11.8. The summed E-state index contributed by atoms with van der Waals surface area (Å²) in [5.41, 5.74) is 12.5. The van der Waals surface area contributed by atoms with Crippen molar-refractivity contribution in [2.24, 2.45) is 0 Å². The summed E-state index contributed by atoms with van der Waals surface area (Å²) in [5, 5.41) is 2.42. The first-order chi connectivity index (χ1) is 22.9. The van der Waals surface area contributed by atoms with Crippen LogP contribution in [0.2, 0.25) is 0 Å². The minimum absolute atomic E-state index is 0.915. The molecule has 0 N–H and O–H groups in total. The summed E-state index contributed by atoms with van der Waals surface area (Å²) in [7, 11) is 0. The summed E-state index contributed by atoms with van der Waals surface area (Å²) in [4.78, 5) is 0. The van der Waals surface area contributed by atoms with Crippen LogP contribution in [0.4, 0.5) is 0 Å². The number of fused-ring (bicyclic) bond motifs is 4. The van der Waals surface area contributed by atoms with E-state index in [0.717, 1.165) is 63.4 Å². The highest BCUT2D eigenvalue weighted by atomic mass is 16.3. The minimum atomic E-state index is 0.915. The van der Waals surface area contributed by atoms with E-state index in [9.17, 15) is 0 Å². The zero-order chi connectivity index (χ0) is 30.5. The van der Waals surface area contributed by atoms with E-state index in [-0.39, 0.29) is 0 Å². The molecule has 2 heteroatoms. The van der Waals surface area contributed by atoms with Gasteiger partial charge in [0.05, 0.1) is 11.0 Å². The molecule has 0 fully saturated rings. The molecule has 216 valence electrons. The summed E-state index contributed by atoms with van der Waals surface area (Å²) in [6, 6.07) is 55.8. The first-order valence-electron chi connectivity index (χ1n) is 15.8. The van der Waals surface area contributed by atoms with Crippen LogP contribution in [-0.2, 0) is 6.42 Å². The highest BCUT2D eigenvalue weighted by molar-refractivity contribution is 6.16. The number of aromatic nitrogens is 1. The smallest absolute Gasteiger partial charge is 0.142 e. The van der Waals surface area contributed by atoms with Crippen molar-refractivity contribution in [1.82, 2.24) is 4.57 Å². The predicted molar refractivity (Wildman–Crippen MR) is 190 cm³/mol. The summed E-state index contributed by atoms with van der Waals surface area (Å²) < 4.78 is 9.54. The van der Waals surface area contributed by atoms with E-state index < -0.39 is 0 Å². The van der Waals surface area contributed by atoms with Crippen LogP contribution in [0.5, 0.6) is 0 Å². The molecule has 0 bridgehead atoms. The van der Waals surface area contributed by atoms with Gasteiger partial charge in [0.2, 0.25) is 0 Å². The van der Waals surface area contributed by atoms with E-state index in [0.29, 0.717) is 0 Å². The van der Waals surface area contributed by atoms with Crippen molar-refractivity contribution >= 4 is 27.9 Å². The summed E-state index contributed by atoms with van der Waals surface area (Å²) in [6.07, 6.45) is 6.42. The van der Waals surface area contributed by atoms with E-state index >= 15 is 0 Å². The molecule has 0 saturated carbocycles. The van der Waals surface area contributed by atoms with Crippen LogP contribution in [0.3, 0.4) is 0 Å². The second kappa shape index (κ2) is 10.8. The largest absolute Gasteiger partial charge is 0.455 e. The van der Waals surface area contributed by atoms with E-state index in [2.05, 4.69) is 156 Å². The van der Waals surface area contributed by atoms with Crippen molar-refractivity contribution < 1.29 is 4.42 Å². The Balaban J connectivity index is 1.39. The van der Waals surface area contributed by atoms with Gasteiger partial charge in [0, 0.05) is 49.8 Å². The lowest BCUT2D eigenvalue weighted by atomic mass is 9.89. The first-order valence-corrected chi connectivity index (χ1v) is 15.8. The van der Waals surface area contributed by atoms with Gasteiger partial charge in [-0.05, 0) is 60.4 Å². The standard InChI is InChI=1S/C44H29NO/c1-4-16-30(17-5-1)33-22-10-11-24-36(33)43-37-25-12-13-26-38(37)44(46-43)39-29-28-35-34-23-14-15-27-40(34)45(32-20-8-3-9-21-32)42(35)41(39)31-18-6-2-7-19-31/h1-6,8-12,14-18,20-25,27-29H,13,26H2. The van der Waals surface area contributed by atoms with Gasteiger partial charge in [0.25, 0.3) is 0 Å². The van der Waals surface area contributed by atoms with Crippen molar-refractivity contribution in [1.29, 1.82) is 0 Å². The van der Waals surface area contributed by atoms with Crippen molar-refractivity contribution in [2.45, 2.75) is 12.8 Å². The lowest BCUT2D eigenvalue weighted by molar-refractivity contribution is 0.594. The molecule has 1 aliphatic rings. The first kappa shape index (κ1) is 26.4. The molecule has 0 atom stereocenters. The van der Waals surface area contributed by atoms with E-state index in [1.807, 2.05) is 12.1 Å². The molecule has 0 spiro atoms. The van der Waals surface area contributed by atoms with Gasteiger partial charge in [0.1, 0.15) is 11.5 Å². The van der Waals surface area contributed by atoms with Crippen LogP contribution < -0.4 is 0 Å². The Bertz CT molecular complexity index is 2390.